The molecule has 0 spiro atoms. The van der Waals surface area contributed by atoms with E-state index in [2.05, 4.69) is 10.5 Å². The molecule has 3 aliphatic rings. The number of alkyl halides is 3. The van der Waals surface area contributed by atoms with Crippen LogP contribution in [0.25, 0.3) is 0 Å². The van der Waals surface area contributed by atoms with Crippen LogP contribution < -0.4 is 5.32 Å². The lowest BCUT2D eigenvalue weighted by Crippen LogP contribution is -2.44. The molecule has 3 fully saturated rings. The van der Waals surface area contributed by atoms with E-state index in [0.29, 0.717) is 18.8 Å². The number of anilines is 1. The van der Waals surface area contributed by atoms with Gasteiger partial charge in [-0.2, -0.15) is 13.2 Å². The molecule has 1 aliphatic carbocycles. The number of carbonyl (C=O) groups is 1. The Morgan fingerprint density at radius 3 is 2.50 bits per heavy atom. The van der Waals surface area contributed by atoms with Crippen molar-refractivity contribution in [3.63, 3.8) is 0 Å². The Balaban J connectivity index is 1.50. The minimum absolute atomic E-state index is 0.166. The van der Waals surface area contributed by atoms with Gasteiger partial charge in [0.05, 0.1) is 29.7 Å². The van der Waals surface area contributed by atoms with Crippen LogP contribution in [-0.4, -0.2) is 29.4 Å². The number of amides is 1. The first-order valence-corrected chi connectivity index (χ1v) is 9.35. The average molecular weight is 372 g/mol. The summed E-state index contributed by atoms with van der Waals surface area (Å²) in [5.74, 6) is -3.20. The standard InChI is InChI=1S/C18H23F3N2O3/c1-9-15(10-5-3-2-4-6-10)23-26-17(9)22-16(24)13-11-7-8-12(25-11)14(13)18(19,20)21/h10-14H,2-8H2,1H3,(H,22,24)/t11-,12-,13-,14-/m1/s1. The molecule has 2 saturated heterocycles. The number of hydrogen-bond donors (Lipinski definition) is 1. The van der Waals surface area contributed by atoms with Crippen molar-refractivity contribution >= 4 is 11.8 Å². The number of rotatable bonds is 3. The fraction of sp³-hybridized carbons (Fsp3) is 0.778. The largest absolute Gasteiger partial charge is 0.395 e. The highest BCUT2D eigenvalue weighted by atomic mass is 19.4. The highest BCUT2D eigenvalue weighted by Crippen LogP contribution is 2.51. The Bertz CT molecular complexity index is 682. The minimum atomic E-state index is -4.45. The van der Waals surface area contributed by atoms with Crippen LogP contribution in [0.5, 0.6) is 0 Å². The number of ether oxygens (including phenoxy) is 1. The molecule has 8 heteroatoms. The van der Waals surface area contributed by atoms with Crippen LogP contribution in [0.4, 0.5) is 19.1 Å². The molecule has 0 unspecified atom stereocenters. The maximum Gasteiger partial charge on any atom is 0.395 e. The van der Waals surface area contributed by atoms with Crippen LogP contribution in [-0.2, 0) is 9.53 Å². The third-order valence-electron chi connectivity index (χ3n) is 6.14. The molecule has 2 aliphatic heterocycles. The SMILES string of the molecule is Cc1c(C2CCCCC2)noc1NC(=O)[C@H]1[C@H](C(F)(F)F)[C@H]2CC[C@H]1O2. The van der Waals surface area contributed by atoms with E-state index in [9.17, 15) is 18.0 Å². The van der Waals surface area contributed by atoms with Crippen molar-refractivity contribution < 1.29 is 27.2 Å². The van der Waals surface area contributed by atoms with Gasteiger partial charge in [0.25, 0.3) is 0 Å². The summed E-state index contributed by atoms with van der Waals surface area (Å²) in [5.41, 5.74) is 1.54. The van der Waals surface area contributed by atoms with Gasteiger partial charge < -0.3 is 9.26 Å². The molecule has 0 radical (unpaired) electrons. The molecule has 1 amide bonds. The van der Waals surface area contributed by atoms with E-state index in [0.717, 1.165) is 36.9 Å². The third kappa shape index (κ3) is 3.02. The summed E-state index contributed by atoms with van der Waals surface area (Å²) in [6, 6.07) is 0. The summed E-state index contributed by atoms with van der Waals surface area (Å²) in [5, 5.41) is 6.64. The van der Waals surface area contributed by atoms with Crippen molar-refractivity contribution in [2.24, 2.45) is 11.8 Å². The van der Waals surface area contributed by atoms with Gasteiger partial charge in [0.1, 0.15) is 0 Å². The number of halogens is 3. The number of carbonyl (C=O) groups excluding carboxylic acids is 1. The van der Waals surface area contributed by atoms with E-state index in [1.54, 1.807) is 6.92 Å². The quantitative estimate of drug-likeness (QED) is 0.858. The maximum absolute atomic E-state index is 13.4. The second-order valence-corrected chi connectivity index (χ2v) is 7.73. The molecule has 0 aromatic carbocycles. The summed E-state index contributed by atoms with van der Waals surface area (Å²) in [6.45, 7) is 1.80. The Hall–Kier alpha value is -1.57. The van der Waals surface area contributed by atoms with E-state index in [1.165, 1.54) is 6.42 Å². The first kappa shape index (κ1) is 17.8. The second-order valence-electron chi connectivity index (χ2n) is 7.73. The summed E-state index contributed by atoms with van der Waals surface area (Å²) < 4.78 is 50.9. The Morgan fingerprint density at radius 1 is 1.12 bits per heavy atom. The number of hydrogen-bond acceptors (Lipinski definition) is 4. The molecule has 5 nitrogen and oxygen atoms in total. The highest BCUT2D eigenvalue weighted by Gasteiger charge is 2.62. The van der Waals surface area contributed by atoms with Gasteiger partial charge in [0.2, 0.25) is 11.8 Å². The van der Waals surface area contributed by atoms with Crippen LogP contribution >= 0.6 is 0 Å². The predicted molar refractivity (Wildman–Crippen MR) is 86.6 cm³/mol. The molecule has 26 heavy (non-hydrogen) atoms. The summed E-state index contributed by atoms with van der Waals surface area (Å²) in [7, 11) is 0. The Labute approximate surface area is 149 Å². The molecule has 4 atom stereocenters. The molecule has 1 N–H and O–H groups in total. The number of aromatic nitrogens is 1. The van der Waals surface area contributed by atoms with Crippen molar-refractivity contribution in [2.45, 2.75) is 76.2 Å². The van der Waals surface area contributed by atoms with Gasteiger partial charge in [-0.15, -0.1) is 0 Å². The van der Waals surface area contributed by atoms with Crippen LogP contribution in [0.3, 0.4) is 0 Å². The molecule has 144 valence electrons. The van der Waals surface area contributed by atoms with E-state index in [1.807, 2.05) is 0 Å². The fourth-order valence-corrected chi connectivity index (χ4v) is 4.84. The van der Waals surface area contributed by atoms with Crippen molar-refractivity contribution in [3.05, 3.63) is 11.3 Å². The molecule has 3 heterocycles. The first-order chi connectivity index (χ1) is 12.4. The number of nitrogens with one attached hydrogen (secondary N) is 1. The van der Waals surface area contributed by atoms with Gasteiger partial charge in [0, 0.05) is 11.5 Å². The maximum atomic E-state index is 13.4. The molecule has 1 saturated carbocycles. The van der Waals surface area contributed by atoms with Gasteiger partial charge in [-0.25, -0.2) is 0 Å². The highest BCUT2D eigenvalue weighted by molar-refractivity contribution is 5.93. The average Bonchev–Trinajstić information content (AvgIpc) is 3.30. The van der Waals surface area contributed by atoms with Crippen LogP contribution in [0.1, 0.15) is 62.1 Å². The van der Waals surface area contributed by atoms with E-state index < -0.39 is 36.1 Å². The minimum Gasteiger partial charge on any atom is -0.373 e. The smallest absolute Gasteiger partial charge is 0.373 e. The molecule has 1 aromatic rings. The summed E-state index contributed by atoms with van der Waals surface area (Å²) >= 11 is 0. The number of nitrogens with zero attached hydrogens (tertiary/aromatic N) is 1. The van der Waals surface area contributed by atoms with Gasteiger partial charge in [-0.1, -0.05) is 24.4 Å². The van der Waals surface area contributed by atoms with Crippen LogP contribution in [0.2, 0.25) is 0 Å². The topological polar surface area (TPSA) is 64.4 Å². The fourth-order valence-electron chi connectivity index (χ4n) is 4.84. The third-order valence-corrected chi connectivity index (χ3v) is 6.14. The van der Waals surface area contributed by atoms with E-state index in [-0.39, 0.29) is 5.88 Å². The summed E-state index contributed by atoms with van der Waals surface area (Å²) in [6.07, 6.45) is 0.323. The lowest BCUT2D eigenvalue weighted by molar-refractivity contribution is -0.196. The van der Waals surface area contributed by atoms with Crippen LogP contribution in [0.15, 0.2) is 4.52 Å². The van der Waals surface area contributed by atoms with Gasteiger partial charge in [-0.05, 0) is 32.6 Å². The van der Waals surface area contributed by atoms with Crippen molar-refractivity contribution in [1.82, 2.24) is 5.16 Å². The molecule has 4 rings (SSSR count). The molecule has 1 aromatic heterocycles. The van der Waals surface area contributed by atoms with Gasteiger partial charge >= 0.3 is 6.18 Å². The first-order valence-electron chi connectivity index (χ1n) is 9.35. The normalized spacial score (nSPS) is 32.2. The Kier molecular flexibility index (Phi) is 4.49. The predicted octanol–water partition coefficient (Wildman–Crippen LogP) is 4.33. The zero-order chi connectivity index (χ0) is 18.5. The second kappa shape index (κ2) is 6.55. The lowest BCUT2D eigenvalue weighted by Gasteiger charge is -2.28. The Morgan fingerprint density at radius 2 is 1.81 bits per heavy atom. The van der Waals surface area contributed by atoms with Gasteiger partial charge in [-0.3, -0.25) is 10.1 Å². The lowest BCUT2D eigenvalue weighted by atomic mass is 9.78. The van der Waals surface area contributed by atoms with Crippen molar-refractivity contribution in [2.75, 3.05) is 5.32 Å². The van der Waals surface area contributed by atoms with Crippen molar-refractivity contribution in [1.29, 1.82) is 0 Å². The van der Waals surface area contributed by atoms with E-state index in [4.69, 9.17) is 9.26 Å². The molecular weight excluding hydrogens is 349 g/mol. The summed E-state index contributed by atoms with van der Waals surface area (Å²) in [4.78, 5) is 12.6. The zero-order valence-electron chi connectivity index (χ0n) is 14.6. The van der Waals surface area contributed by atoms with Crippen molar-refractivity contribution in [3.8, 4) is 0 Å². The van der Waals surface area contributed by atoms with E-state index >= 15 is 0 Å². The zero-order valence-corrected chi connectivity index (χ0v) is 14.6. The number of fused-ring (bicyclic) bond motifs is 2. The van der Waals surface area contributed by atoms with Crippen LogP contribution in [0, 0.1) is 18.8 Å². The monoisotopic (exact) mass is 372 g/mol. The molecule has 2 bridgehead atoms. The van der Waals surface area contributed by atoms with Gasteiger partial charge in [0.15, 0.2) is 0 Å². The molecular formula is C18H23F3N2O3.